The molecule has 0 saturated carbocycles. The third kappa shape index (κ3) is 3.96. The van der Waals surface area contributed by atoms with Crippen molar-refractivity contribution in [3.05, 3.63) is 99.0 Å². The Labute approximate surface area is 185 Å². The molecule has 4 rings (SSSR count). The summed E-state index contributed by atoms with van der Waals surface area (Å²) in [6.45, 7) is 0. The van der Waals surface area contributed by atoms with Gasteiger partial charge in [0.2, 0.25) is 0 Å². The molecule has 3 aromatic rings. The van der Waals surface area contributed by atoms with Crippen molar-refractivity contribution < 1.29 is 22.8 Å². The number of carbonyl (C=O) groups excluding carboxylic acids is 2. The van der Waals surface area contributed by atoms with E-state index < -0.39 is 23.6 Å². The molecule has 0 aliphatic carbocycles. The van der Waals surface area contributed by atoms with Gasteiger partial charge in [-0.2, -0.15) is 13.2 Å². The monoisotopic (exact) mass is 461 g/mol. The maximum Gasteiger partial charge on any atom is 0.416 e. The molecule has 0 bridgehead atoms. The molecule has 0 fully saturated rings. The van der Waals surface area contributed by atoms with Gasteiger partial charge in [0, 0.05) is 11.1 Å². The summed E-state index contributed by atoms with van der Waals surface area (Å²) in [5.74, 6) is -1.44. The van der Waals surface area contributed by atoms with Gasteiger partial charge in [-0.15, -0.1) is 0 Å². The number of hydrogen-bond acceptors (Lipinski definition) is 2. The number of anilines is 1. The van der Waals surface area contributed by atoms with Gasteiger partial charge in [0.05, 0.1) is 21.3 Å². The predicted octanol–water partition coefficient (Wildman–Crippen LogP) is 6.74. The zero-order valence-corrected chi connectivity index (χ0v) is 17.1. The zero-order chi connectivity index (χ0) is 22.3. The van der Waals surface area contributed by atoms with Gasteiger partial charge < -0.3 is 0 Å². The first-order chi connectivity index (χ1) is 14.7. The second-order valence-corrected chi connectivity index (χ2v) is 7.59. The van der Waals surface area contributed by atoms with E-state index in [4.69, 9.17) is 23.2 Å². The number of alkyl halides is 3. The molecule has 0 atom stereocenters. The highest BCUT2D eigenvalue weighted by Crippen LogP contribution is 2.37. The van der Waals surface area contributed by atoms with Gasteiger partial charge in [-0.1, -0.05) is 53.5 Å². The van der Waals surface area contributed by atoms with Gasteiger partial charge in [0.1, 0.15) is 0 Å². The van der Waals surface area contributed by atoms with Crippen molar-refractivity contribution in [2.24, 2.45) is 0 Å². The Kier molecular flexibility index (Phi) is 5.37. The first-order valence-corrected chi connectivity index (χ1v) is 9.74. The standard InChI is InChI=1S/C23H12Cl2F3NO2/c24-19-9-8-13(11-20(19)25)10-18-16-6-1-2-7-17(16)21(30)29(22(18)31)15-5-3-4-14(12-15)23(26,27)28/h1-12H/b18-10-. The summed E-state index contributed by atoms with van der Waals surface area (Å²) in [5, 5.41) is 0.610. The molecular formula is C23H12Cl2F3NO2. The fourth-order valence-corrected chi connectivity index (χ4v) is 3.62. The fourth-order valence-electron chi connectivity index (χ4n) is 3.32. The Morgan fingerprint density at radius 1 is 0.774 bits per heavy atom. The largest absolute Gasteiger partial charge is 0.416 e. The molecule has 0 saturated heterocycles. The predicted molar refractivity (Wildman–Crippen MR) is 114 cm³/mol. The number of rotatable bonds is 2. The zero-order valence-electron chi connectivity index (χ0n) is 15.6. The highest BCUT2D eigenvalue weighted by Gasteiger charge is 2.37. The van der Waals surface area contributed by atoms with Crippen molar-refractivity contribution in [1.82, 2.24) is 0 Å². The number of hydrogen-bond donors (Lipinski definition) is 0. The molecule has 8 heteroatoms. The normalized spacial score (nSPS) is 15.4. The topological polar surface area (TPSA) is 37.4 Å². The molecule has 1 heterocycles. The number of halogens is 5. The minimum atomic E-state index is -4.62. The maximum absolute atomic E-state index is 13.3. The van der Waals surface area contributed by atoms with Crippen LogP contribution >= 0.6 is 23.2 Å². The van der Waals surface area contributed by atoms with Crippen LogP contribution in [0, 0.1) is 0 Å². The summed E-state index contributed by atoms with van der Waals surface area (Å²) >= 11 is 12.0. The molecular weight excluding hydrogens is 450 g/mol. The van der Waals surface area contributed by atoms with Crippen LogP contribution in [0.25, 0.3) is 11.6 Å². The average molecular weight is 462 g/mol. The van der Waals surface area contributed by atoms with Crippen LogP contribution in [0.5, 0.6) is 0 Å². The molecule has 3 aromatic carbocycles. The third-order valence-corrected chi connectivity index (χ3v) is 5.51. The Morgan fingerprint density at radius 3 is 2.16 bits per heavy atom. The summed E-state index contributed by atoms with van der Waals surface area (Å²) in [4.78, 5) is 27.1. The Morgan fingerprint density at radius 2 is 1.48 bits per heavy atom. The van der Waals surface area contributed by atoms with Gasteiger partial charge in [-0.05, 0) is 53.6 Å². The fraction of sp³-hybridized carbons (Fsp3) is 0.0435. The number of benzene rings is 3. The minimum absolute atomic E-state index is 0.144. The molecule has 0 aromatic heterocycles. The van der Waals surface area contributed by atoms with E-state index in [2.05, 4.69) is 0 Å². The van der Waals surface area contributed by atoms with E-state index >= 15 is 0 Å². The van der Waals surface area contributed by atoms with Crippen LogP contribution in [0.4, 0.5) is 18.9 Å². The van der Waals surface area contributed by atoms with Crippen molar-refractivity contribution in [2.75, 3.05) is 4.90 Å². The molecule has 0 unspecified atom stereocenters. The highest BCUT2D eigenvalue weighted by molar-refractivity contribution is 6.44. The summed E-state index contributed by atoms with van der Waals surface area (Å²) in [6, 6.07) is 15.3. The molecule has 2 amide bonds. The average Bonchev–Trinajstić information content (AvgIpc) is 2.73. The van der Waals surface area contributed by atoms with Gasteiger partial charge in [0.15, 0.2) is 0 Å². The van der Waals surface area contributed by atoms with Gasteiger partial charge in [-0.25, -0.2) is 4.90 Å². The lowest BCUT2D eigenvalue weighted by molar-refractivity contribution is -0.137. The van der Waals surface area contributed by atoms with Crippen LogP contribution < -0.4 is 4.90 Å². The number of carbonyl (C=O) groups is 2. The van der Waals surface area contributed by atoms with Crippen LogP contribution in [0.2, 0.25) is 10.0 Å². The first-order valence-electron chi connectivity index (χ1n) is 8.99. The van der Waals surface area contributed by atoms with Crippen molar-refractivity contribution in [2.45, 2.75) is 6.18 Å². The number of imide groups is 1. The van der Waals surface area contributed by atoms with Crippen LogP contribution in [0.1, 0.15) is 27.0 Å². The van der Waals surface area contributed by atoms with Crippen molar-refractivity contribution in [3.63, 3.8) is 0 Å². The van der Waals surface area contributed by atoms with E-state index in [0.717, 1.165) is 23.1 Å². The van der Waals surface area contributed by atoms with E-state index in [9.17, 15) is 22.8 Å². The van der Waals surface area contributed by atoms with Crippen molar-refractivity contribution >= 4 is 52.4 Å². The van der Waals surface area contributed by atoms with Crippen LogP contribution in [0.15, 0.2) is 66.7 Å². The smallest absolute Gasteiger partial charge is 0.268 e. The molecule has 0 N–H and O–H groups in total. The van der Waals surface area contributed by atoms with E-state index in [1.54, 1.807) is 36.4 Å². The number of amides is 2. The lowest BCUT2D eigenvalue weighted by atomic mass is 9.91. The SMILES string of the molecule is O=C1/C(=C\c2ccc(Cl)c(Cl)c2)c2ccccc2C(=O)N1c1cccc(C(F)(F)F)c1. The summed E-state index contributed by atoms with van der Waals surface area (Å²) in [6.07, 6.45) is -3.09. The highest BCUT2D eigenvalue weighted by atomic mass is 35.5. The summed E-state index contributed by atoms with van der Waals surface area (Å²) in [5.41, 5.74) is 0.147. The van der Waals surface area contributed by atoms with Gasteiger partial charge in [-0.3, -0.25) is 9.59 Å². The lowest BCUT2D eigenvalue weighted by Crippen LogP contribution is -2.41. The van der Waals surface area contributed by atoms with Crippen molar-refractivity contribution in [3.8, 4) is 0 Å². The lowest BCUT2D eigenvalue weighted by Gasteiger charge is -2.29. The number of fused-ring (bicyclic) bond motifs is 1. The van der Waals surface area contributed by atoms with Gasteiger partial charge >= 0.3 is 6.18 Å². The van der Waals surface area contributed by atoms with Crippen molar-refractivity contribution in [1.29, 1.82) is 0 Å². The second-order valence-electron chi connectivity index (χ2n) is 6.77. The second kappa shape index (κ2) is 7.87. The van der Waals surface area contributed by atoms with Crippen LogP contribution in [0.3, 0.4) is 0 Å². The third-order valence-electron chi connectivity index (χ3n) is 4.77. The van der Waals surface area contributed by atoms with E-state index in [0.29, 0.717) is 16.1 Å². The first kappa shape index (κ1) is 21.2. The summed E-state index contributed by atoms with van der Waals surface area (Å²) < 4.78 is 39.5. The molecule has 1 aliphatic heterocycles. The molecule has 1 aliphatic rings. The quantitative estimate of drug-likeness (QED) is 0.313. The maximum atomic E-state index is 13.3. The molecule has 0 radical (unpaired) electrons. The molecule has 156 valence electrons. The molecule has 3 nitrogen and oxygen atoms in total. The molecule has 31 heavy (non-hydrogen) atoms. The summed E-state index contributed by atoms with van der Waals surface area (Å²) in [7, 11) is 0. The van der Waals surface area contributed by atoms with E-state index in [-0.39, 0.29) is 21.8 Å². The van der Waals surface area contributed by atoms with E-state index in [1.165, 1.54) is 18.2 Å². The Balaban J connectivity index is 1.89. The number of nitrogens with zero attached hydrogens (tertiary/aromatic N) is 1. The Bertz CT molecular complexity index is 1250. The van der Waals surface area contributed by atoms with E-state index in [1.807, 2.05) is 0 Å². The van der Waals surface area contributed by atoms with Crippen LogP contribution in [-0.2, 0) is 11.0 Å². The Hall–Kier alpha value is -3.09. The van der Waals surface area contributed by atoms with Gasteiger partial charge in [0.25, 0.3) is 11.8 Å². The minimum Gasteiger partial charge on any atom is -0.268 e. The van der Waals surface area contributed by atoms with Crippen LogP contribution in [-0.4, -0.2) is 11.8 Å². The molecule has 0 spiro atoms.